The van der Waals surface area contributed by atoms with Crippen LogP contribution in [0.3, 0.4) is 0 Å². The van der Waals surface area contributed by atoms with Gasteiger partial charge in [0.15, 0.2) is 5.03 Å². The van der Waals surface area contributed by atoms with Crippen LogP contribution in [-0.4, -0.2) is 18.0 Å². The lowest BCUT2D eigenvalue weighted by Crippen LogP contribution is -2.13. The van der Waals surface area contributed by atoms with Crippen molar-refractivity contribution < 1.29 is 13.0 Å². The fraction of sp³-hybridized carbons (Fsp3) is 0.444. The van der Waals surface area contributed by atoms with Gasteiger partial charge in [-0.1, -0.05) is 20.8 Å². The summed E-state index contributed by atoms with van der Waals surface area (Å²) in [4.78, 5) is 3.59. The van der Waals surface area contributed by atoms with Gasteiger partial charge in [0.2, 0.25) is 0 Å². The number of pyridine rings is 1. The predicted molar refractivity (Wildman–Crippen MR) is 52.8 cm³/mol. The quantitative estimate of drug-likeness (QED) is 0.723. The second-order valence-electron chi connectivity index (χ2n) is 4.11. The lowest BCUT2D eigenvalue weighted by Gasteiger charge is -2.18. The molecule has 1 N–H and O–H groups in total. The molecule has 0 bridgehead atoms. The molecule has 1 aromatic rings. The van der Waals surface area contributed by atoms with Gasteiger partial charge in [-0.2, -0.15) is 8.42 Å². The maximum Gasteiger partial charge on any atom is 0.312 e. The first-order valence-electron chi connectivity index (χ1n) is 4.15. The minimum Gasteiger partial charge on any atom is -0.281 e. The molecule has 0 atom stereocenters. The monoisotopic (exact) mass is 215 g/mol. The highest BCUT2D eigenvalue weighted by atomic mass is 32.2. The maximum atomic E-state index is 10.8. The van der Waals surface area contributed by atoms with Crippen LogP contribution in [0.15, 0.2) is 23.4 Å². The van der Waals surface area contributed by atoms with Gasteiger partial charge in [0, 0.05) is 6.20 Å². The lowest BCUT2D eigenvalue weighted by atomic mass is 9.88. The van der Waals surface area contributed by atoms with Crippen LogP contribution < -0.4 is 0 Å². The van der Waals surface area contributed by atoms with Gasteiger partial charge >= 0.3 is 10.1 Å². The number of aromatic nitrogens is 1. The Labute approximate surface area is 83.7 Å². The van der Waals surface area contributed by atoms with Crippen molar-refractivity contribution in [2.75, 3.05) is 0 Å². The van der Waals surface area contributed by atoms with Crippen LogP contribution in [0, 0.1) is 0 Å². The zero-order chi connectivity index (χ0) is 11.0. The summed E-state index contributed by atoms with van der Waals surface area (Å²) in [6.45, 7) is 5.86. The number of hydrogen-bond acceptors (Lipinski definition) is 3. The highest BCUT2D eigenvalue weighted by molar-refractivity contribution is 7.85. The molecule has 78 valence electrons. The van der Waals surface area contributed by atoms with E-state index in [9.17, 15) is 8.42 Å². The van der Waals surface area contributed by atoms with Crippen molar-refractivity contribution in [1.82, 2.24) is 4.98 Å². The summed E-state index contributed by atoms with van der Waals surface area (Å²) >= 11 is 0. The summed E-state index contributed by atoms with van der Waals surface area (Å²) in [5, 5.41) is -0.301. The fourth-order valence-corrected chi connectivity index (χ4v) is 1.49. The molecule has 0 fully saturated rings. The summed E-state index contributed by atoms with van der Waals surface area (Å²) in [5.74, 6) is 0. The van der Waals surface area contributed by atoms with Gasteiger partial charge in [0.1, 0.15) is 0 Å². The second kappa shape index (κ2) is 3.33. The van der Waals surface area contributed by atoms with Crippen LogP contribution in [0.4, 0.5) is 0 Å². The maximum absolute atomic E-state index is 10.8. The minimum absolute atomic E-state index is 0.164. The Morgan fingerprint density at radius 3 is 2.36 bits per heavy atom. The normalized spacial score (nSPS) is 12.9. The molecule has 0 unspecified atom stereocenters. The summed E-state index contributed by atoms with van der Waals surface area (Å²) in [6, 6.07) is 3.12. The largest absolute Gasteiger partial charge is 0.312 e. The van der Waals surface area contributed by atoms with E-state index in [1.54, 1.807) is 6.07 Å². The van der Waals surface area contributed by atoms with Crippen LogP contribution in [0.25, 0.3) is 0 Å². The molecule has 0 saturated heterocycles. The van der Waals surface area contributed by atoms with E-state index in [2.05, 4.69) is 4.98 Å². The van der Waals surface area contributed by atoms with Gasteiger partial charge in [-0.25, -0.2) is 4.98 Å². The molecule has 4 nitrogen and oxygen atoms in total. The van der Waals surface area contributed by atoms with Crippen molar-refractivity contribution in [2.45, 2.75) is 31.2 Å². The molecule has 0 saturated carbocycles. The predicted octanol–water partition coefficient (Wildman–Crippen LogP) is 1.63. The van der Waals surface area contributed by atoms with Gasteiger partial charge in [-0.3, -0.25) is 4.55 Å². The van der Waals surface area contributed by atoms with Crippen molar-refractivity contribution in [3.63, 3.8) is 0 Å². The number of rotatable bonds is 1. The summed E-state index contributed by atoms with van der Waals surface area (Å²) in [5.41, 5.74) is 0.655. The SMILES string of the molecule is CC(C)(C)c1ccnc(S(=O)(=O)O)c1. The van der Waals surface area contributed by atoms with Gasteiger partial charge in [0.05, 0.1) is 0 Å². The van der Waals surface area contributed by atoms with Crippen molar-refractivity contribution in [2.24, 2.45) is 0 Å². The number of hydrogen-bond donors (Lipinski definition) is 1. The fourth-order valence-electron chi connectivity index (χ4n) is 1.02. The molecule has 0 aliphatic heterocycles. The first-order valence-corrected chi connectivity index (χ1v) is 5.59. The van der Waals surface area contributed by atoms with E-state index >= 15 is 0 Å². The molecule has 1 aromatic heterocycles. The van der Waals surface area contributed by atoms with Crippen LogP contribution in [0.1, 0.15) is 26.3 Å². The standard InChI is InChI=1S/C9H13NO3S/c1-9(2,3)7-4-5-10-8(6-7)14(11,12)13/h4-6H,1-3H3,(H,11,12,13). The Hall–Kier alpha value is -0.940. The van der Waals surface area contributed by atoms with E-state index in [0.717, 1.165) is 5.56 Å². The van der Waals surface area contributed by atoms with Crippen LogP contribution in [0.2, 0.25) is 0 Å². The van der Waals surface area contributed by atoms with Gasteiger partial charge in [0.25, 0.3) is 0 Å². The van der Waals surface area contributed by atoms with Gasteiger partial charge in [-0.15, -0.1) is 0 Å². The molecule has 0 aliphatic rings. The van der Waals surface area contributed by atoms with E-state index in [1.165, 1.54) is 12.3 Å². The third kappa shape index (κ3) is 2.52. The molecule has 0 amide bonds. The molecule has 0 aliphatic carbocycles. The Bertz CT molecular complexity index is 432. The molecule has 0 spiro atoms. The third-order valence-corrected chi connectivity index (χ3v) is 2.62. The summed E-state index contributed by atoms with van der Waals surface area (Å²) in [6.07, 6.45) is 1.38. The molecule has 0 aromatic carbocycles. The highest BCUT2D eigenvalue weighted by Crippen LogP contribution is 2.22. The molecule has 1 rings (SSSR count). The first-order chi connectivity index (χ1) is 6.21. The van der Waals surface area contributed by atoms with E-state index < -0.39 is 10.1 Å². The summed E-state index contributed by atoms with van der Waals surface area (Å²) < 4.78 is 30.4. The van der Waals surface area contributed by atoms with Gasteiger partial charge < -0.3 is 0 Å². The summed E-state index contributed by atoms with van der Waals surface area (Å²) in [7, 11) is -4.20. The van der Waals surface area contributed by atoms with Crippen LogP contribution in [-0.2, 0) is 15.5 Å². The Kier molecular flexibility index (Phi) is 2.65. The van der Waals surface area contributed by atoms with Crippen LogP contribution in [0.5, 0.6) is 0 Å². The topological polar surface area (TPSA) is 67.3 Å². The molecule has 14 heavy (non-hydrogen) atoms. The number of nitrogens with zero attached hydrogens (tertiary/aromatic N) is 1. The smallest absolute Gasteiger partial charge is 0.281 e. The second-order valence-corrected chi connectivity index (χ2v) is 5.48. The highest BCUT2D eigenvalue weighted by Gasteiger charge is 2.18. The Morgan fingerprint density at radius 2 is 1.93 bits per heavy atom. The molecular formula is C9H13NO3S. The van der Waals surface area contributed by atoms with E-state index in [1.807, 2.05) is 20.8 Å². The van der Waals surface area contributed by atoms with Crippen molar-refractivity contribution in [3.05, 3.63) is 23.9 Å². The Balaban J connectivity index is 3.29. The van der Waals surface area contributed by atoms with Crippen LogP contribution >= 0.6 is 0 Å². The molecular weight excluding hydrogens is 202 g/mol. The first kappa shape index (κ1) is 11.1. The average molecular weight is 215 g/mol. The zero-order valence-corrected chi connectivity index (χ0v) is 9.17. The van der Waals surface area contributed by atoms with E-state index in [0.29, 0.717) is 0 Å². The lowest BCUT2D eigenvalue weighted by molar-refractivity contribution is 0.478. The van der Waals surface area contributed by atoms with Crippen molar-refractivity contribution in [1.29, 1.82) is 0 Å². The van der Waals surface area contributed by atoms with Gasteiger partial charge in [-0.05, 0) is 23.1 Å². The minimum atomic E-state index is -4.20. The molecule has 5 heteroatoms. The zero-order valence-electron chi connectivity index (χ0n) is 8.35. The average Bonchev–Trinajstić information content (AvgIpc) is 2.01. The third-order valence-electron chi connectivity index (χ3n) is 1.87. The van der Waals surface area contributed by atoms with Crippen molar-refractivity contribution >= 4 is 10.1 Å². The molecule has 1 heterocycles. The Morgan fingerprint density at radius 1 is 1.36 bits per heavy atom. The van der Waals surface area contributed by atoms with Crippen molar-refractivity contribution in [3.8, 4) is 0 Å². The van der Waals surface area contributed by atoms with E-state index in [-0.39, 0.29) is 10.4 Å². The van der Waals surface area contributed by atoms with E-state index in [4.69, 9.17) is 4.55 Å². The molecule has 0 radical (unpaired) electrons.